The molecule has 4 heteroatoms. The van der Waals surface area contributed by atoms with E-state index in [2.05, 4.69) is 21.4 Å². The van der Waals surface area contributed by atoms with E-state index in [-0.39, 0.29) is 0 Å². The highest BCUT2D eigenvalue weighted by atomic mass is 14.9. The third-order valence-electron chi connectivity index (χ3n) is 3.06. The number of para-hydroxylation sites is 1. The number of rotatable bonds is 2. The largest absolute Gasteiger partial charge is 0.353 e. The van der Waals surface area contributed by atoms with Crippen LogP contribution in [0.15, 0.2) is 48.8 Å². The summed E-state index contributed by atoms with van der Waals surface area (Å²) >= 11 is 0. The molecule has 2 heterocycles. The normalized spacial score (nSPS) is 10.2. The average Bonchev–Trinajstić information content (AvgIpc) is 2.47. The topological polar surface area (TPSA) is 61.6 Å². The standard InChI is InChI=1S/C16H12N4/c1-11-8-15(13-4-2-3-5-14(13)19-11)20-16-10-18-7-6-12(16)9-17/h2-8,10H,1H3,(H,19,20). The lowest BCUT2D eigenvalue weighted by molar-refractivity contribution is 1.25. The number of aryl methyl sites for hydroxylation is 1. The van der Waals surface area contributed by atoms with Gasteiger partial charge < -0.3 is 5.32 Å². The quantitative estimate of drug-likeness (QED) is 0.765. The number of hydrogen-bond donors (Lipinski definition) is 1. The highest BCUT2D eigenvalue weighted by Crippen LogP contribution is 2.27. The van der Waals surface area contributed by atoms with Crippen molar-refractivity contribution in [3.63, 3.8) is 0 Å². The van der Waals surface area contributed by atoms with Gasteiger partial charge in [-0.05, 0) is 25.1 Å². The van der Waals surface area contributed by atoms with Crippen LogP contribution in [-0.2, 0) is 0 Å². The maximum Gasteiger partial charge on any atom is 0.101 e. The van der Waals surface area contributed by atoms with E-state index in [4.69, 9.17) is 5.26 Å². The second-order valence-corrected chi connectivity index (χ2v) is 4.49. The second-order valence-electron chi connectivity index (χ2n) is 4.49. The van der Waals surface area contributed by atoms with Gasteiger partial charge in [-0.2, -0.15) is 5.26 Å². The van der Waals surface area contributed by atoms with Crippen LogP contribution in [0.5, 0.6) is 0 Å². The Balaban J connectivity index is 2.14. The van der Waals surface area contributed by atoms with E-state index in [0.717, 1.165) is 22.3 Å². The van der Waals surface area contributed by atoms with Gasteiger partial charge in [-0.25, -0.2) is 0 Å². The molecular weight excluding hydrogens is 248 g/mol. The molecule has 0 saturated heterocycles. The van der Waals surface area contributed by atoms with Gasteiger partial charge in [0, 0.05) is 23.0 Å². The zero-order valence-corrected chi connectivity index (χ0v) is 11.0. The van der Waals surface area contributed by atoms with Crippen LogP contribution in [0.4, 0.5) is 11.4 Å². The van der Waals surface area contributed by atoms with Gasteiger partial charge in [0.15, 0.2) is 0 Å². The molecule has 96 valence electrons. The molecule has 0 aliphatic heterocycles. The molecule has 3 rings (SSSR count). The summed E-state index contributed by atoms with van der Waals surface area (Å²) < 4.78 is 0. The zero-order valence-electron chi connectivity index (χ0n) is 11.0. The minimum atomic E-state index is 0.568. The molecule has 0 atom stereocenters. The Morgan fingerprint density at radius 3 is 2.85 bits per heavy atom. The summed E-state index contributed by atoms with van der Waals surface area (Å²) in [6.07, 6.45) is 3.27. The molecule has 0 aliphatic rings. The fourth-order valence-corrected chi connectivity index (χ4v) is 2.15. The average molecular weight is 260 g/mol. The lowest BCUT2D eigenvalue weighted by Gasteiger charge is -2.11. The van der Waals surface area contributed by atoms with E-state index in [1.165, 1.54) is 0 Å². The van der Waals surface area contributed by atoms with Crippen LogP contribution in [0.25, 0.3) is 10.9 Å². The van der Waals surface area contributed by atoms with Crippen LogP contribution < -0.4 is 5.32 Å². The molecule has 0 aliphatic carbocycles. The van der Waals surface area contributed by atoms with Gasteiger partial charge in [0.1, 0.15) is 6.07 Å². The fraction of sp³-hybridized carbons (Fsp3) is 0.0625. The fourth-order valence-electron chi connectivity index (χ4n) is 2.15. The SMILES string of the molecule is Cc1cc(Nc2cnccc2C#N)c2ccccc2n1. The van der Waals surface area contributed by atoms with Crippen LogP contribution in [-0.4, -0.2) is 9.97 Å². The lowest BCUT2D eigenvalue weighted by Crippen LogP contribution is -1.97. The van der Waals surface area contributed by atoms with Crippen LogP contribution in [0.3, 0.4) is 0 Å². The van der Waals surface area contributed by atoms with Crippen molar-refractivity contribution in [2.45, 2.75) is 6.92 Å². The molecule has 0 saturated carbocycles. The van der Waals surface area contributed by atoms with Crippen LogP contribution in [0.1, 0.15) is 11.3 Å². The molecule has 20 heavy (non-hydrogen) atoms. The summed E-state index contributed by atoms with van der Waals surface area (Å²) in [6, 6.07) is 13.7. The molecule has 0 spiro atoms. The number of hydrogen-bond acceptors (Lipinski definition) is 4. The molecule has 0 fully saturated rings. The van der Waals surface area contributed by atoms with Crippen LogP contribution >= 0.6 is 0 Å². The third-order valence-corrected chi connectivity index (χ3v) is 3.06. The Hall–Kier alpha value is -2.93. The predicted molar refractivity (Wildman–Crippen MR) is 78.7 cm³/mol. The van der Waals surface area contributed by atoms with Crippen molar-refractivity contribution >= 4 is 22.3 Å². The molecule has 0 amide bonds. The molecule has 2 aromatic heterocycles. The smallest absolute Gasteiger partial charge is 0.101 e. The predicted octanol–water partition coefficient (Wildman–Crippen LogP) is 3.55. The number of aromatic nitrogens is 2. The number of nitriles is 1. The summed E-state index contributed by atoms with van der Waals surface area (Å²) in [5.74, 6) is 0. The Morgan fingerprint density at radius 1 is 1.15 bits per heavy atom. The molecule has 0 unspecified atom stereocenters. The molecule has 3 aromatic rings. The number of fused-ring (bicyclic) bond motifs is 1. The highest BCUT2D eigenvalue weighted by Gasteiger charge is 2.06. The Bertz CT molecular complexity index is 818. The van der Waals surface area contributed by atoms with Gasteiger partial charge in [0.2, 0.25) is 0 Å². The van der Waals surface area contributed by atoms with E-state index in [9.17, 15) is 0 Å². The van der Waals surface area contributed by atoms with Crippen molar-refractivity contribution in [3.05, 3.63) is 60.0 Å². The van der Waals surface area contributed by atoms with Crippen molar-refractivity contribution < 1.29 is 0 Å². The first-order valence-corrected chi connectivity index (χ1v) is 6.25. The van der Waals surface area contributed by atoms with Crippen molar-refractivity contribution in [2.75, 3.05) is 5.32 Å². The number of pyridine rings is 2. The van der Waals surface area contributed by atoms with Gasteiger partial charge in [-0.1, -0.05) is 18.2 Å². The molecule has 0 bridgehead atoms. The Kier molecular flexibility index (Phi) is 3.02. The van der Waals surface area contributed by atoms with E-state index in [1.807, 2.05) is 37.3 Å². The summed E-state index contributed by atoms with van der Waals surface area (Å²) in [7, 11) is 0. The monoisotopic (exact) mass is 260 g/mol. The van der Waals surface area contributed by atoms with Gasteiger partial charge in [0.05, 0.1) is 23.0 Å². The van der Waals surface area contributed by atoms with E-state index in [0.29, 0.717) is 11.3 Å². The van der Waals surface area contributed by atoms with Crippen molar-refractivity contribution in [3.8, 4) is 6.07 Å². The van der Waals surface area contributed by atoms with Gasteiger partial charge in [-0.3, -0.25) is 9.97 Å². The number of nitrogens with one attached hydrogen (secondary N) is 1. The molecule has 4 nitrogen and oxygen atoms in total. The lowest BCUT2D eigenvalue weighted by atomic mass is 10.1. The van der Waals surface area contributed by atoms with Gasteiger partial charge >= 0.3 is 0 Å². The maximum absolute atomic E-state index is 9.13. The minimum absolute atomic E-state index is 0.568. The van der Waals surface area contributed by atoms with Crippen molar-refractivity contribution in [1.29, 1.82) is 5.26 Å². The first-order valence-electron chi connectivity index (χ1n) is 6.25. The first kappa shape index (κ1) is 12.1. The number of nitrogens with zero attached hydrogens (tertiary/aromatic N) is 3. The van der Waals surface area contributed by atoms with Crippen molar-refractivity contribution in [1.82, 2.24) is 9.97 Å². The number of benzene rings is 1. The second kappa shape index (κ2) is 4.98. The van der Waals surface area contributed by atoms with E-state index >= 15 is 0 Å². The third kappa shape index (κ3) is 2.17. The highest BCUT2D eigenvalue weighted by molar-refractivity contribution is 5.93. The van der Waals surface area contributed by atoms with Gasteiger partial charge in [0.25, 0.3) is 0 Å². The van der Waals surface area contributed by atoms with E-state index < -0.39 is 0 Å². The van der Waals surface area contributed by atoms with Crippen LogP contribution in [0.2, 0.25) is 0 Å². The Labute approximate surface area is 116 Å². The summed E-state index contributed by atoms with van der Waals surface area (Å²) in [4.78, 5) is 8.56. The Morgan fingerprint density at radius 2 is 2.00 bits per heavy atom. The zero-order chi connectivity index (χ0) is 13.9. The number of anilines is 2. The molecule has 1 N–H and O–H groups in total. The first-order chi connectivity index (χ1) is 9.78. The van der Waals surface area contributed by atoms with E-state index in [1.54, 1.807) is 18.5 Å². The van der Waals surface area contributed by atoms with Crippen LogP contribution in [0, 0.1) is 18.3 Å². The molecule has 0 radical (unpaired) electrons. The summed E-state index contributed by atoms with van der Waals surface area (Å²) in [6.45, 7) is 1.95. The van der Waals surface area contributed by atoms with Gasteiger partial charge in [-0.15, -0.1) is 0 Å². The maximum atomic E-state index is 9.13. The molecular formula is C16H12N4. The minimum Gasteiger partial charge on any atom is -0.353 e. The van der Waals surface area contributed by atoms with Crippen molar-refractivity contribution in [2.24, 2.45) is 0 Å². The molecule has 1 aromatic carbocycles. The summed E-state index contributed by atoms with van der Waals surface area (Å²) in [5.41, 5.74) is 4.05. The summed E-state index contributed by atoms with van der Waals surface area (Å²) in [5, 5.41) is 13.4.